The molecule has 20 heavy (non-hydrogen) atoms. The van der Waals surface area contributed by atoms with Crippen molar-refractivity contribution in [3.8, 4) is 6.07 Å². The number of nitriles is 1. The van der Waals surface area contributed by atoms with E-state index in [-0.39, 0.29) is 5.56 Å². The molecule has 0 fully saturated rings. The van der Waals surface area contributed by atoms with Gasteiger partial charge in [-0.05, 0) is 24.6 Å². The van der Waals surface area contributed by atoms with Crippen molar-refractivity contribution >= 4 is 5.69 Å². The van der Waals surface area contributed by atoms with E-state index in [1.54, 1.807) is 6.07 Å². The molecule has 0 atom stereocenters. The van der Waals surface area contributed by atoms with Crippen LogP contribution in [-0.4, -0.2) is 6.54 Å². The molecule has 1 rings (SSSR count). The Morgan fingerprint density at radius 2 is 1.85 bits per heavy atom. The van der Waals surface area contributed by atoms with Crippen LogP contribution >= 0.6 is 0 Å². The Kier molecular flexibility index (Phi) is 6.37. The van der Waals surface area contributed by atoms with Gasteiger partial charge in [0.05, 0.1) is 17.2 Å². The summed E-state index contributed by atoms with van der Waals surface area (Å²) >= 11 is 0. The molecule has 0 aliphatic carbocycles. The van der Waals surface area contributed by atoms with Crippen LogP contribution in [0.5, 0.6) is 0 Å². The summed E-state index contributed by atoms with van der Waals surface area (Å²) in [7, 11) is 0. The first-order valence-corrected chi connectivity index (χ1v) is 6.84. The minimum absolute atomic E-state index is 0.342. The van der Waals surface area contributed by atoms with E-state index in [4.69, 9.17) is 5.26 Å². The number of unbranched alkanes of at least 4 members (excludes halogenated alkanes) is 4. The number of hydrogen-bond acceptors (Lipinski definition) is 2. The van der Waals surface area contributed by atoms with Gasteiger partial charge < -0.3 is 5.32 Å². The molecule has 2 nitrogen and oxygen atoms in total. The van der Waals surface area contributed by atoms with Gasteiger partial charge in [0.15, 0.2) is 0 Å². The molecule has 0 saturated carbocycles. The highest BCUT2D eigenvalue weighted by Gasteiger charge is 2.33. The number of benzene rings is 1. The maximum atomic E-state index is 12.8. The molecule has 1 aromatic carbocycles. The summed E-state index contributed by atoms with van der Waals surface area (Å²) in [6.45, 7) is 2.78. The summed E-state index contributed by atoms with van der Waals surface area (Å²) in [6, 6.07) is 5.30. The molecule has 0 heterocycles. The molecule has 0 radical (unpaired) electrons. The maximum Gasteiger partial charge on any atom is 0.417 e. The topological polar surface area (TPSA) is 35.8 Å². The smallest absolute Gasteiger partial charge is 0.385 e. The van der Waals surface area contributed by atoms with Gasteiger partial charge in [-0.1, -0.05) is 32.6 Å². The van der Waals surface area contributed by atoms with Gasteiger partial charge in [-0.15, -0.1) is 0 Å². The zero-order valence-electron chi connectivity index (χ0n) is 11.6. The first-order chi connectivity index (χ1) is 9.49. The van der Waals surface area contributed by atoms with Gasteiger partial charge in [0.25, 0.3) is 0 Å². The van der Waals surface area contributed by atoms with E-state index in [0.29, 0.717) is 12.2 Å². The van der Waals surface area contributed by atoms with Crippen LogP contribution in [0.4, 0.5) is 18.9 Å². The van der Waals surface area contributed by atoms with E-state index in [1.165, 1.54) is 18.6 Å². The Morgan fingerprint density at radius 1 is 1.15 bits per heavy atom. The Hall–Kier alpha value is -1.70. The fourth-order valence-corrected chi connectivity index (χ4v) is 1.95. The number of alkyl halides is 3. The lowest BCUT2D eigenvalue weighted by molar-refractivity contribution is -0.137. The average molecular weight is 284 g/mol. The minimum atomic E-state index is -4.50. The van der Waals surface area contributed by atoms with Gasteiger partial charge in [0.2, 0.25) is 0 Å². The van der Waals surface area contributed by atoms with Gasteiger partial charge in [0.1, 0.15) is 0 Å². The van der Waals surface area contributed by atoms with Crippen LogP contribution in [-0.2, 0) is 6.18 Å². The van der Waals surface area contributed by atoms with Crippen LogP contribution < -0.4 is 5.32 Å². The quantitative estimate of drug-likeness (QED) is 0.718. The van der Waals surface area contributed by atoms with E-state index in [0.717, 1.165) is 31.7 Å². The molecule has 0 aliphatic heterocycles. The highest BCUT2D eigenvalue weighted by atomic mass is 19.4. The lowest BCUT2D eigenvalue weighted by atomic mass is 10.1. The minimum Gasteiger partial charge on any atom is -0.385 e. The molecule has 0 unspecified atom stereocenters. The highest BCUT2D eigenvalue weighted by molar-refractivity contribution is 5.53. The van der Waals surface area contributed by atoms with Gasteiger partial charge in [-0.3, -0.25) is 0 Å². The highest BCUT2D eigenvalue weighted by Crippen LogP contribution is 2.33. The van der Waals surface area contributed by atoms with Crippen LogP contribution in [0.25, 0.3) is 0 Å². The van der Waals surface area contributed by atoms with Crippen molar-refractivity contribution in [2.24, 2.45) is 0 Å². The van der Waals surface area contributed by atoms with E-state index >= 15 is 0 Å². The second kappa shape index (κ2) is 7.78. The first kappa shape index (κ1) is 16.4. The molecular formula is C15H19F3N2. The van der Waals surface area contributed by atoms with E-state index in [1.807, 2.05) is 0 Å². The summed E-state index contributed by atoms with van der Waals surface area (Å²) in [4.78, 5) is 0. The number of anilines is 1. The monoisotopic (exact) mass is 284 g/mol. The number of nitrogens with one attached hydrogen (secondary N) is 1. The molecule has 0 aromatic heterocycles. The number of nitrogens with zero attached hydrogens (tertiary/aromatic N) is 1. The summed E-state index contributed by atoms with van der Waals surface area (Å²) in [5, 5.41) is 11.7. The lowest BCUT2D eigenvalue weighted by Gasteiger charge is -2.12. The standard InChI is InChI=1S/C15H19F3N2/c1-2-3-4-5-6-9-20-13-8-7-12(11-19)14(10-13)15(16,17)18/h7-8,10,20H,2-6,9H2,1H3. The summed E-state index contributed by atoms with van der Waals surface area (Å²) in [6.07, 6.45) is 1.01. The van der Waals surface area contributed by atoms with Crippen molar-refractivity contribution in [1.82, 2.24) is 0 Å². The lowest BCUT2D eigenvalue weighted by Crippen LogP contribution is -2.09. The molecule has 1 N–H and O–H groups in total. The van der Waals surface area contributed by atoms with E-state index in [2.05, 4.69) is 12.2 Å². The van der Waals surface area contributed by atoms with Crippen molar-refractivity contribution < 1.29 is 13.2 Å². The second-order valence-corrected chi connectivity index (χ2v) is 4.71. The zero-order chi connectivity index (χ0) is 15.0. The molecule has 0 bridgehead atoms. The van der Waals surface area contributed by atoms with Crippen molar-refractivity contribution in [1.29, 1.82) is 5.26 Å². The molecule has 0 spiro atoms. The van der Waals surface area contributed by atoms with E-state index in [9.17, 15) is 13.2 Å². The maximum absolute atomic E-state index is 12.8. The fourth-order valence-electron chi connectivity index (χ4n) is 1.95. The third kappa shape index (κ3) is 5.12. The largest absolute Gasteiger partial charge is 0.417 e. The molecular weight excluding hydrogens is 265 g/mol. The molecule has 0 amide bonds. The van der Waals surface area contributed by atoms with E-state index < -0.39 is 11.7 Å². The first-order valence-electron chi connectivity index (χ1n) is 6.84. The average Bonchev–Trinajstić information content (AvgIpc) is 2.41. The van der Waals surface area contributed by atoms with Crippen LogP contribution in [0.1, 0.15) is 50.2 Å². The Labute approximate surface area is 117 Å². The zero-order valence-corrected chi connectivity index (χ0v) is 11.6. The van der Waals surface area contributed by atoms with Crippen LogP contribution in [0.2, 0.25) is 0 Å². The van der Waals surface area contributed by atoms with Crippen LogP contribution in [0.15, 0.2) is 18.2 Å². The number of hydrogen-bond donors (Lipinski definition) is 1. The normalized spacial score (nSPS) is 11.2. The SMILES string of the molecule is CCCCCCCNc1ccc(C#N)c(C(F)(F)F)c1. The molecule has 5 heteroatoms. The molecule has 0 aliphatic rings. The Morgan fingerprint density at radius 3 is 2.45 bits per heavy atom. The third-order valence-electron chi connectivity index (χ3n) is 3.05. The second-order valence-electron chi connectivity index (χ2n) is 4.71. The van der Waals surface area contributed by atoms with Crippen molar-refractivity contribution in [2.75, 3.05) is 11.9 Å². The van der Waals surface area contributed by atoms with Crippen molar-refractivity contribution in [2.45, 2.75) is 45.2 Å². The fraction of sp³-hybridized carbons (Fsp3) is 0.533. The summed E-state index contributed by atoms with van der Waals surface area (Å²) < 4.78 is 38.3. The van der Waals surface area contributed by atoms with Crippen LogP contribution in [0, 0.1) is 11.3 Å². The summed E-state index contributed by atoms with van der Waals surface area (Å²) in [5.41, 5.74) is -0.811. The predicted molar refractivity (Wildman–Crippen MR) is 73.4 cm³/mol. The van der Waals surface area contributed by atoms with Crippen LogP contribution in [0.3, 0.4) is 0 Å². The Balaban J connectivity index is 2.58. The molecule has 110 valence electrons. The van der Waals surface area contributed by atoms with Gasteiger partial charge in [-0.2, -0.15) is 18.4 Å². The molecule has 1 aromatic rings. The Bertz CT molecular complexity index is 461. The summed E-state index contributed by atoms with van der Waals surface area (Å²) in [5.74, 6) is 0. The number of rotatable bonds is 7. The van der Waals surface area contributed by atoms with Gasteiger partial charge in [0, 0.05) is 12.2 Å². The van der Waals surface area contributed by atoms with Gasteiger partial charge >= 0.3 is 6.18 Å². The third-order valence-corrected chi connectivity index (χ3v) is 3.05. The van der Waals surface area contributed by atoms with Crippen molar-refractivity contribution in [3.05, 3.63) is 29.3 Å². The van der Waals surface area contributed by atoms with Crippen molar-refractivity contribution in [3.63, 3.8) is 0 Å². The molecule has 0 saturated heterocycles. The number of halogens is 3. The van der Waals surface area contributed by atoms with Gasteiger partial charge in [-0.25, -0.2) is 0 Å². The predicted octanol–water partition coefficient (Wildman–Crippen LogP) is 4.96.